The Kier molecular flexibility index (Phi) is 38.6. The van der Waals surface area contributed by atoms with Crippen LogP contribution in [-0.2, 0) is 126 Å². The van der Waals surface area contributed by atoms with Gasteiger partial charge in [-0.3, -0.25) is 77.3 Å². The lowest BCUT2D eigenvalue weighted by Gasteiger charge is -2.32. The van der Waals surface area contributed by atoms with E-state index < -0.39 is 77.7 Å². The van der Waals surface area contributed by atoms with Gasteiger partial charge in [0.2, 0.25) is 0 Å². The third kappa shape index (κ3) is 31.4. The van der Waals surface area contributed by atoms with Crippen LogP contribution in [0, 0.1) is 0 Å². The molecule has 98 heavy (non-hydrogen) atoms. The number of rotatable bonds is 43. The molecule has 0 heterocycles. The Morgan fingerprint density at radius 1 is 0.337 bits per heavy atom. The lowest BCUT2D eigenvalue weighted by Crippen LogP contribution is -2.50. The largest absolute Gasteiger partial charge is 0.468 e. The summed E-state index contributed by atoms with van der Waals surface area (Å²) in [6.07, 6.45) is 0.165. The Balaban J connectivity index is 1.72. The molecule has 0 radical (unpaired) electrons. The van der Waals surface area contributed by atoms with Crippen molar-refractivity contribution in [3.63, 3.8) is 0 Å². The maximum atomic E-state index is 13.5. The van der Waals surface area contributed by atoms with Crippen LogP contribution in [0.1, 0.15) is 32.6 Å². The highest BCUT2D eigenvalue weighted by Crippen LogP contribution is 2.19. The number of thiocarbonyl (C=S) groups is 2. The number of nitrogens with one attached hydrogen (secondary N) is 4. The zero-order valence-electron chi connectivity index (χ0n) is 57.1. The van der Waals surface area contributed by atoms with Gasteiger partial charge in [0.05, 0.1) is 136 Å². The van der Waals surface area contributed by atoms with E-state index >= 15 is 0 Å². The van der Waals surface area contributed by atoms with E-state index in [9.17, 15) is 52.7 Å². The van der Waals surface area contributed by atoms with Gasteiger partial charge in [-0.05, 0) is 95.9 Å². The normalized spacial score (nSPS) is 11.6. The Morgan fingerprint density at radius 2 is 0.612 bits per heavy atom. The average molecular weight is 1420 g/mol. The molecule has 540 valence electrons. The summed E-state index contributed by atoms with van der Waals surface area (Å²) in [5, 5.41) is 13.0. The molecule has 2 atom stereocenters. The summed E-state index contributed by atoms with van der Waals surface area (Å²) in [5.41, 5.74) is 4.13. The fourth-order valence-corrected chi connectivity index (χ4v) is 9.89. The van der Waals surface area contributed by atoms with Crippen molar-refractivity contribution >= 4 is 112 Å². The van der Waals surface area contributed by atoms with Gasteiger partial charge in [-0.25, -0.2) is 4.79 Å². The molecule has 0 aliphatic heterocycles. The number of hydrogen-bond donors (Lipinski definition) is 4. The van der Waals surface area contributed by atoms with Gasteiger partial charge >= 0.3 is 65.7 Å². The second-order valence-electron chi connectivity index (χ2n) is 21.5. The quantitative estimate of drug-likeness (QED) is 0.0324. The number of ether oxygens (including phenoxy) is 11. The van der Waals surface area contributed by atoms with E-state index in [0.717, 1.165) is 0 Å². The molecule has 0 bridgehead atoms. The molecule has 32 nitrogen and oxygen atoms in total. The predicted molar refractivity (Wildman–Crippen MR) is 361 cm³/mol. The molecule has 2 unspecified atom stereocenters. The second-order valence-corrected chi connectivity index (χ2v) is 22.4. The average Bonchev–Trinajstić information content (AvgIpc) is 0.925. The molecule has 0 spiro atoms. The zero-order chi connectivity index (χ0) is 72.7. The van der Waals surface area contributed by atoms with Crippen LogP contribution in [-0.4, -0.2) is 300 Å². The van der Waals surface area contributed by atoms with E-state index in [0.29, 0.717) is 33.6 Å². The molecule has 3 rings (SSSR count). The van der Waals surface area contributed by atoms with Crippen LogP contribution < -0.4 is 21.3 Å². The van der Waals surface area contributed by atoms with Crippen LogP contribution in [0.3, 0.4) is 0 Å². The maximum Gasteiger partial charge on any atom is 0.337 e. The number of esters is 11. The highest BCUT2D eigenvalue weighted by Gasteiger charge is 2.32. The predicted octanol–water partition coefficient (Wildman–Crippen LogP) is -0.189. The topological polar surface area (TPSA) is 357 Å². The summed E-state index contributed by atoms with van der Waals surface area (Å²) in [5.74, 6) is -6.68. The Hall–Kier alpha value is -9.03. The monoisotopic (exact) mass is 1410 g/mol. The molecule has 0 aliphatic carbocycles. The number of methoxy groups -OCH3 is 11. The van der Waals surface area contributed by atoms with Crippen molar-refractivity contribution in [2.45, 2.75) is 38.0 Å². The van der Waals surface area contributed by atoms with E-state index in [-0.39, 0.29) is 146 Å². The number of anilines is 2. The first-order valence-corrected chi connectivity index (χ1v) is 31.3. The van der Waals surface area contributed by atoms with Crippen molar-refractivity contribution in [1.82, 2.24) is 40.0 Å². The van der Waals surface area contributed by atoms with Crippen molar-refractivity contribution in [3.05, 3.63) is 94.5 Å². The van der Waals surface area contributed by atoms with Crippen LogP contribution in [0.15, 0.2) is 66.7 Å². The van der Waals surface area contributed by atoms with Crippen molar-refractivity contribution in [3.8, 4) is 0 Å². The molecule has 3 aromatic carbocycles. The molecule has 3 aromatic rings. The molecule has 0 aliphatic rings. The zero-order valence-corrected chi connectivity index (χ0v) is 58.8. The number of nitrogens with zero attached hydrogens (tertiary/aromatic N) is 6. The van der Waals surface area contributed by atoms with Gasteiger partial charge in [0.1, 0.15) is 12.1 Å². The van der Waals surface area contributed by atoms with Crippen LogP contribution in [0.25, 0.3) is 0 Å². The third-order valence-corrected chi connectivity index (χ3v) is 15.5. The number of hydrogen-bond acceptors (Lipinski definition) is 30. The van der Waals surface area contributed by atoms with Gasteiger partial charge < -0.3 is 73.4 Å². The van der Waals surface area contributed by atoms with Crippen LogP contribution in [0.2, 0.25) is 0 Å². The Labute approximate surface area is 580 Å². The summed E-state index contributed by atoms with van der Waals surface area (Å²) in [4.78, 5) is 149. The van der Waals surface area contributed by atoms with E-state index in [1.54, 1.807) is 80.3 Å². The summed E-state index contributed by atoms with van der Waals surface area (Å²) in [6.45, 7) is -0.758. The first-order chi connectivity index (χ1) is 46.9. The van der Waals surface area contributed by atoms with Crippen molar-refractivity contribution in [2.24, 2.45) is 0 Å². The highest BCUT2D eigenvalue weighted by atomic mass is 32.1. The fraction of sp³-hybridized carbons (Fsp3) is 0.516. The Morgan fingerprint density at radius 3 is 0.898 bits per heavy atom. The summed E-state index contributed by atoms with van der Waals surface area (Å²) >= 11 is 11.3. The highest BCUT2D eigenvalue weighted by molar-refractivity contribution is 7.80. The van der Waals surface area contributed by atoms with Crippen molar-refractivity contribution < 1.29 is 105 Å². The first kappa shape index (κ1) is 83.2. The minimum atomic E-state index is -1.01. The summed E-state index contributed by atoms with van der Waals surface area (Å²) in [7, 11) is 13.5. The van der Waals surface area contributed by atoms with Crippen LogP contribution in [0.4, 0.5) is 11.4 Å². The molecule has 0 saturated heterocycles. The molecule has 4 N–H and O–H groups in total. The molecular formula is C64H90N10O22S2. The fourth-order valence-electron chi connectivity index (χ4n) is 9.51. The number of carbonyl (C=O) groups is 11. The van der Waals surface area contributed by atoms with Gasteiger partial charge in [-0.15, -0.1) is 0 Å². The van der Waals surface area contributed by atoms with Gasteiger partial charge in [0, 0.05) is 76.8 Å². The van der Waals surface area contributed by atoms with Gasteiger partial charge in [0.25, 0.3) is 0 Å². The van der Waals surface area contributed by atoms with Gasteiger partial charge in [-0.2, -0.15) is 0 Å². The second kappa shape index (κ2) is 45.5. The lowest BCUT2D eigenvalue weighted by atomic mass is 10.0. The minimum absolute atomic E-state index is 0.0531. The smallest absolute Gasteiger partial charge is 0.337 e. The van der Waals surface area contributed by atoms with Crippen LogP contribution >= 0.6 is 24.4 Å². The first-order valence-electron chi connectivity index (χ1n) is 30.4. The van der Waals surface area contributed by atoms with E-state index in [2.05, 4.69) is 21.3 Å². The third-order valence-electron chi connectivity index (χ3n) is 15.0. The number of carbonyl (C=O) groups excluding carboxylic acids is 11. The van der Waals surface area contributed by atoms with Crippen LogP contribution in [0.5, 0.6) is 0 Å². The standard InChI is InChI=1S/C64H90N10O22S2/c1-86-52(75)35-69(20-22-71(37-54(77)88-3)38-55(78)89-4)24-26-73(41-58(81)92-7)50(61(84)95-10)31-43-12-16-48(17-13-43)67-63(97)65-33-45-28-46(30-47(29-45)60(83)94-9)34-66-64(98)68-49-18-14-44(15-19-49)32-51(62(85)96-11)74(42-59(82)93-8)27-25-70(36-53(76)87-2)21-23-72(39-56(79)90-5)40-57(80)91-6/h12-19,28-30,50-51H,20-27,31-42H2,1-11H3,(H2,65,67,97)(H2,66,68,98). The van der Waals surface area contributed by atoms with E-state index in [1.165, 1.54) is 88.0 Å². The molecule has 0 amide bonds. The van der Waals surface area contributed by atoms with Gasteiger partial charge in [0.15, 0.2) is 10.2 Å². The van der Waals surface area contributed by atoms with Crippen molar-refractivity contribution in [2.75, 3.05) is 194 Å². The minimum Gasteiger partial charge on any atom is -0.468 e. The molecule has 0 fully saturated rings. The van der Waals surface area contributed by atoms with Gasteiger partial charge in [-0.1, -0.05) is 30.3 Å². The van der Waals surface area contributed by atoms with Crippen molar-refractivity contribution in [1.29, 1.82) is 0 Å². The molecular weight excluding hydrogens is 1320 g/mol. The SMILES string of the molecule is COC(=O)CN(CCN(CC(=O)OC)CC(=O)OC)CCN(CC(=O)OC)C(Cc1ccc(NC(=S)NCc2cc(CNC(=S)Nc3ccc(CC(C(=O)OC)N(CCN(CCN(CC(=O)OC)CC(=O)OC)CC(=O)OC)CC(=O)OC)cc3)cc(C(=O)OC)c2)cc1)C(=O)OC. The summed E-state index contributed by atoms with van der Waals surface area (Å²) < 4.78 is 54.4. The molecule has 34 heteroatoms. The number of benzene rings is 3. The molecule has 0 aromatic heterocycles. The van der Waals surface area contributed by atoms with E-state index in [4.69, 9.17) is 76.5 Å². The van der Waals surface area contributed by atoms with E-state index in [1.807, 2.05) is 6.07 Å². The maximum absolute atomic E-state index is 13.5. The Bertz CT molecular complexity index is 2920. The summed E-state index contributed by atoms with van der Waals surface area (Å²) in [6, 6.07) is 17.2. The molecule has 0 saturated carbocycles. The lowest BCUT2D eigenvalue weighted by molar-refractivity contribution is -0.152.